The van der Waals surface area contributed by atoms with Crippen LogP contribution in [-0.4, -0.2) is 22.2 Å². The summed E-state index contributed by atoms with van der Waals surface area (Å²) in [4.78, 5) is 30.5. The lowest BCUT2D eigenvalue weighted by Crippen LogP contribution is -2.23. The molecule has 0 fully saturated rings. The minimum atomic E-state index is -4.51. The maximum Gasteiger partial charge on any atom is 0.433 e. The molecular weight excluding hydrogens is 439 g/mol. The fourth-order valence-electron chi connectivity index (χ4n) is 3.35. The molecule has 0 saturated carbocycles. The summed E-state index contributed by atoms with van der Waals surface area (Å²) in [5, 5.41) is 7.58. The van der Waals surface area contributed by atoms with Crippen LogP contribution in [0.5, 0.6) is 0 Å². The van der Waals surface area contributed by atoms with E-state index in [2.05, 4.69) is 15.6 Å². The van der Waals surface area contributed by atoms with Crippen molar-refractivity contribution in [1.29, 1.82) is 0 Å². The fourth-order valence-corrected chi connectivity index (χ4v) is 5.28. The van der Waals surface area contributed by atoms with E-state index in [0.29, 0.717) is 22.4 Å². The molecule has 2 heterocycles. The number of carbonyl (C=O) groups excluding carboxylic acids is 2. The number of nitrogens with zero attached hydrogens (tertiary/aromatic N) is 1. The first-order valence-corrected chi connectivity index (χ1v) is 10.9. The number of anilines is 1. The van der Waals surface area contributed by atoms with E-state index in [9.17, 15) is 22.8 Å². The Kier molecular flexibility index (Phi) is 5.84. The number of nitrogens with one attached hydrogen (secondary N) is 2. The highest BCUT2D eigenvalue weighted by Gasteiger charge is 2.32. The number of amides is 2. The molecule has 0 bridgehead atoms. The van der Waals surface area contributed by atoms with Crippen molar-refractivity contribution in [2.24, 2.45) is 0 Å². The molecule has 1 unspecified atom stereocenters. The molecule has 4 rings (SSSR count). The zero-order valence-corrected chi connectivity index (χ0v) is 17.7. The number of alkyl halides is 3. The van der Waals surface area contributed by atoms with Crippen molar-refractivity contribution in [3.8, 4) is 0 Å². The maximum absolute atomic E-state index is 12.7. The minimum absolute atomic E-state index is 0.0198. The molecule has 2 aromatic carbocycles. The molecule has 2 N–H and O–H groups in total. The summed E-state index contributed by atoms with van der Waals surface area (Å²) in [5.41, 5.74) is 0.919. The fraction of sp³-hybridized carbons (Fsp3) is 0.130. The molecule has 1 aromatic heterocycles. The molecule has 1 atom stereocenters. The summed E-state index contributed by atoms with van der Waals surface area (Å²) in [7, 11) is -0.444. The van der Waals surface area contributed by atoms with Gasteiger partial charge in [0.2, 0.25) is 0 Å². The lowest BCUT2D eigenvalue weighted by atomic mass is 10.1. The van der Waals surface area contributed by atoms with Gasteiger partial charge >= 0.3 is 6.18 Å². The van der Waals surface area contributed by atoms with E-state index in [0.717, 1.165) is 22.1 Å². The Morgan fingerprint density at radius 1 is 1.12 bits per heavy atom. The molecule has 5 nitrogen and oxygen atoms in total. The lowest BCUT2D eigenvalue weighted by Gasteiger charge is -2.13. The summed E-state index contributed by atoms with van der Waals surface area (Å²) in [6.45, 7) is 1.95. The van der Waals surface area contributed by atoms with Gasteiger partial charge in [-0.1, -0.05) is 23.6 Å². The average molecular weight is 457 g/mol. The van der Waals surface area contributed by atoms with E-state index < -0.39 is 28.3 Å². The molecule has 0 radical (unpaired) electrons. The molecule has 1 aliphatic rings. The Bertz CT molecular complexity index is 1240. The van der Waals surface area contributed by atoms with Crippen LogP contribution in [0, 0.1) is 0 Å². The molecule has 0 saturated heterocycles. The monoisotopic (exact) mass is 457 g/mol. The highest BCUT2D eigenvalue weighted by atomic mass is 32.2. The van der Waals surface area contributed by atoms with Crippen molar-refractivity contribution in [1.82, 2.24) is 10.3 Å². The van der Waals surface area contributed by atoms with Crippen molar-refractivity contribution >= 4 is 33.4 Å². The van der Waals surface area contributed by atoms with E-state index >= 15 is 0 Å². The topological polar surface area (TPSA) is 71.1 Å². The Morgan fingerprint density at radius 3 is 2.59 bits per heavy atom. The number of pyridine rings is 1. The van der Waals surface area contributed by atoms with Gasteiger partial charge in [-0.05, 0) is 48.9 Å². The zero-order chi connectivity index (χ0) is 22.9. The van der Waals surface area contributed by atoms with Crippen molar-refractivity contribution in [2.75, 3.05) is 5.32 Å². The first kappa shape index (κ1) is 21.8. The second kappa shape index (κ2) is 8.58. The molecule has 1 aliphatic heterocycles. The van der Waals surface area contributed by atoms with Gasteiger partial charge in [0.25, 0.3) is 11.8 Å². The number of rotatable bonds is 3. The number of benzene rings is 2. The van der Waals surface area contributed by atoms with Gasteiger partial charge in [0, 0.05) is 28.1 Å². The SMILES string of the molecule is C/C=S1/c2ccc(C(=O)NCc3ccc(C(F)(F)F)nc3)cc2NC(=O)c2ccccc21. The van der Waals surface area contributed by atoms with Crippen LogP contribution < -0.4 is 10.6 Å². The van der Waals surface area contributed by atoms with Crippen molar-refractivity contribution in [3.63, 3.8) is 0 Å². The van der Waals surface area contributed by atoms with Crippen molar-refractivity contribution < 1.29 is 22.8 Å². The molecule has 2 amide bonds. The van der Waals surface area contributed by atoms with E-state index in [4.69, 9.17) is 0 Å². The first-order chi connectivity index (χ1) is 15.3. The quantitative estimate of drug-likeness (QED) is 0.538. The Hall–Kier alpha value is -3.46. The Morgan fingerprint density at radius 2 is 1.91 bits per heavy atom. The van der Waals surface area contributed by atoms with Gasteiger partial charge in [-0.3, -0.25) is 14.6 Å². The molecule has 9 heteroatoms. The van der Waals surface area contributed by atoms with Gasteiger partial charge in [0.15, 0.2) is 0 Å². The predicted octanol–water partition coefficient (Wildman–Crippen LogP) is 5.11. The van der Waals surface area contributed by atoms with Crippen LogP contribution in [0.1, 0.15) is 38.9 Å². The van der Waals surface area contributed by atoms with Crippen LogP contribution in [0.4, 0.5) is 18.9 Å². The first-order valence-electron chi connectivity index (χ1n) is 9.65. The summed E-state index contributed by atoms with van der Waals surface area (Å²) in [6.07, 6.45) is -3.43. The number of hydrogen-bond donors (Lipinski definition) is 2. The number of carbonyl (C=O) groups is 2. The molecular formula is C23H18F3N3O2S. The second-order valence-corrected chi connectivity index (χ2v) is 8.99. The Balaban J connectivity index is 1.55. The molecule has 3 aromatic rings. The smallest absolute Gasteiger partial charge is 0.348 e. The highest BCUT2D eigenvalue weighted by Crippen LogP contribution is 2.44. The summed E-state index contributed by atoms with van der Waals surface area (Å²) < 4.78 is 37.9. The second-order valence-electron chi connectivity index (χ2n) is 6.97. The lowest BCUT2D eigenvalue weighted by molar-refractivity contribution is -0.141. The van der Waals surface area contributed by atoms with Crippen LogP contribution in [-0.2, 0) is 12.7 Å². The van der Waals surface area contributed by atoms with Gasteiger partial charge in [0.05, 0.1) is 11.3 Å². The van der Waals surface area contributed by atoms with Crippen molar-refractivity contribution in [3.05, 3.63) is 83.2 Å². The number of aromatic nitrogens is 1. The van der Waals surface area contributed by atoms with E-state index in [1.807, 2.05) is 30.5 Å². The standard InChI is InChI=1S/C23H18F3N3O2S/c1-2-32-18-6-4-3-5-16(18)22(31)29-17-11-15(8-9-19(17)32)21(30)28-13-14-7-10-20(27-12-14)23(24,25)26/h2-12H,13H2,1H3,(H,28,30)(H,29,31). The third kappa shape index (κ3) is 4.29. The van der Waals surface area contributed by atoms with Gasteiger partial charge < -0.3 is 10.6 Å². The number of fused-ring (bicyclic) bond motifs is 2. The van der Waals surface area contributed by atoms with Crippen LogP contribution in [0.2, 0.25) is 0 Å². The van der Waals surface area contributed by atoms with Crippen molar-refractivity contribution in [2.45, 2.75) is 29.4 Å². The summed E-state index contributed by atoms with van der Waals surface area (Å²) >= 11 is 0. The summed E-state index contributed by atoms with van der Waals surface area (Å²) in [5.74, 6) is -0.656. The normalized spacial score (nSPS) is 15.4. The van der Waals surface area contributed by atoms with Crippen LogP contribution in [0.25, 0.3) is 0 Å². The number of halogens is 3. The van der Waals surface area contributed by atoms with E-state index in [-0.39, 0.29) is 12.5 Å². The van der Waals surface area contributed by atoms with Gasteiger partial charge in [-0.25, -0.2) is 0 Å². The van der Waals surface area contributed by atoms with Gasteiger partial charge in [0.1, 0.15) is 5.69 Å². The zero-order valence-electron chi connectivity index (χ0n) is 16.9. The van der Waals surface area contributed by atoms with Gasteiger partial charge in [-0.15, -0.1) is 10.5 Å². The third-order valence-electron chi connectivity index (χ3n) is 4.90. The summed E-state index contributed by atoms with van der Waals surface area (Å²) in [6, 6.07) is 14.6. The third-order valence-corrected chi connectivity index (χ3v) is 7.03. The molecule has 32 heavy (non-hydrogen) atoms. The molecule has 164 valence electrons. The van der Waals surface area contributed by atoms with E-state index in [1.54, 1.807) is 24.3 Å². The van der Waals surface area contributed by atoms with Crippen LogP contribution in [0.3, 0.4) is 0 Å². The maximum atomic E-state index is 12.7. The minimum Gasteiger partial charge on any atom is -0.348 e. The molecule has 0 spiro atoms. The van der Waals surface area contributed by atoms with Crippen LogP contribution >= 0.6 is 10.5 Å². The molecule has 0 aliphatic carbocycles. The highest BCUT2D eigenvalue weighted by molar-refractivity contribution is 8.15. The van der Waals surface area contributed by atoms with Crippen LogP contribution in [0.15, 0.2) is 70.6 Å². The Labute approximate surface area is 184 Å². The number of hydrogen-bond acceptors (Lipinski definition) is 3. The average Bonchev–Trinajstić information content (AvgIpc) is 2.90. The van der Waals surface area contributed by atoms with E-state index in [1.165, 1.54) is 6.07 Å². The largest absolute Gasteiger partial charge is 0.433 e. The predicted molar refractivity (Wildman–Crippen MR) is 117 cm³/mol. The van der Waals surface area contributed by atoms with Gasteiger partial charge in [-0.2, -0.15) is 13.2 Å².